The predicted octanol–water partition coefficient (Wildman–Crippen LogP) is 3.88. The van der Waals surface area contributed by atoms with Crippen LogP contribution in [0, 0.1) is 17.2 Å². The van der Waals surface area contributed by atoms with Crippen LogP contribution >= 0.6 is 11.6 Å². The molecule has 0 N–H and O–H groups in total. The van der Waals surface area contributed by atoms with Crippen molar-refractivity contribution in [2.24, 2.45) is 5.92 Å². The number of para-hydroxylation sites is 1. The van der Waals surface area contributed by atoms with Crippen molar-refractivity contribution in [3.05, 3.63) is 29.6 Å². The van der Waals surface area contributed by atoms with Crippen LogP contribution in [0.15, 0.2) is 18.2 Å². The topological polar surface area (TPSA) is 41.6 Å². The van der Waals surface area contributed by atoms with Crippen LogP contribution in [0.5, 0.6) is 0 Å². The number of hydrogen-bond acceptors (Lipinski definition) is 2. The highest BCUT2D eigenvalue weighted by Gasteiger charge is 2.21. The number of benzene rings is 1. The van der Waals surface area contributed by atoms with Gasteiger partial charge in [0.2, 0.25) is 0 Å². The van der Waals surface area contributed by atoms with Crippen molar-refractivity contribution in [1.29, 1.82) is 5.26 Å². The van der Waals surface area contributed by atoms with Gasteiger partial charge in [-0.1, -0.05) is 18.9 Å². The first-order chi connectivity index (χ1) is 9.83. The van der Waals surface area contributed by atoms with Gasteiger partial charge in [0.05, 0.1) is 11.1 Å². The maximum atomic E-state index is 9.20. The Labute approximate surface area is 124 Å². The largest absolute Gasteiger partial charge is 0.328 e. The molecule has 0 amide bonds. The molecule has 1 aliphatic rings. The first kappa shape index (κ1) is 13.5. The van der Waals surface area contributed by atoms with E-state index in [1.165, 1.54) is 25.7 Å². The smallest absolute Gasteiger partial charge is 0.111 e. The minimum Gasteiger partial charge on any atom is -0.328 e. The van der Waals surface area contributed by atoms with E-state index in [0.717, 1.165) is 35.7 Å². The van der Waals surface area contributed by atoms with Crippen LogP contribution < -0.4 is 0 Å². The first-order valence-electron chi connectivity index (χ1n) is 7.27. The molecule has 104 valence electrons. The molecular formula is C16H18ClN3. The van der Waals surface area contributed by atoms with Crippen LogP contribution in [-0.2, 0) is 13.0 Å². The maximum absolute atomic E-state index is 9.20. The molecule has 1 aromatic carbocycles. The van der Waals surface area contributed by atoms with E-state index in [-0.39, 0.29) is 0 Å². The molecule has 1 aromatic heterocycles. The van der Waals surface area contributed by atoms with Gasteiger partial charge >= 0.3 is 0 Å². The number of hydrogen-bond donors (Lipinski definition) is 0. The fourth-order valence-electron chi connectivity index (χ4n) is 2.75. The number of imidazole rings is 1. The average molecular weight is 288 g/mol. The second-order valence-corrected chi connectivity index (χ2v) is 5.87. The fraction of sp³-hybridized carbons (Fsp3) is 0.500. The number of rotatable bonds is 6. The molecule has 2 aromatic rings. The molecule has 1 aliphatic carbocycles. The summed E-state index contributed by atoms with van der Waals surface area (Å²) in [5.41, 5.74) is 2.54. The van der Waals surface area contributed by atoms with Gasteiger partial charge < -0.3 is 4.57 Å². The third-order valence-electron chi connectivity index (χ3n) is 3.99. The van der Waals surface area contributed by atoms with Crippen molar-refractivity contribution in [1.82, 2.24) is 9.55 Å². The zero-order valence-electron chi connectivity index (χ0n) is 11.5. The Kier molecular flexibility index (Phi) is 3.93. The molecule has 3 rings (SSSR count). The second-order valence-electron chi connectivity index (χ2n) is 5.49. The van der Waals surface area contributed by atoms with Crippen molar-refractivity contribution in [3.8, 4) is 6.07 Å². The quantitative estimate of drug-likeness (QED) is 0.757. The number of alkyl halides is 1. The molecule has 0 spiro atoms. The van der Waals surface area contributed by atoms with Crippen LogP contribution in [0.25, 0.3) is 11.0 Å². The summed E-state index contributed by atoms with van der Waals surface area (Å²) in [6, 6.07) is 8.04. The molecule has 0 bridgehead atoms. The number of nitriles is 1. The maximum Gasteiger partial charge on any atom is 0.111 e. The number of halogens is 1. The summed E-state index contributed by atoms with van der Waals surface area (Å²) in [4.78, 5) is 4.64. The molecule has 0 unspecified atom stereocenters. The van der Waals surface area contributed by atoms with Gasteiger partial charge in [0.1, 0.15) is 17.4 Å². The van der Waals surface area contributed by atoms with Gasteiger partial charge in [-0.15, -0.1) is 11.6 Å². The van der Waals surface area contributed by atoms with Crippen molar-refractivity contribution in [2.75, 3.05) is 5.88 Å². The third kappa shape index (κ3) is 2.66. The van der Waals surface area contributed by atoms with Crippen molar-refractivity contribution >= 4 is 22.6 Å². The van der Waals surface area contributed by atoms with E-state index >= 15 is 0 Å². The fourth-order valence-corrected chi connectivity index (χ4v) is 2.92. The highest BCUT2D eigenvalue weighted by atomic mass is 35.5. The molecule has 0 saturated heterocycles. The third-order valence-corrected chi connectivity index (χ3v) is 4.18. The standard InChI is InChI=1S/C16H18ClN3/c17-9-8-15-19-16-13(11-18)4-1-5-14(16)20(15)10-2-3-12-6-7-12/h1,4-5,12H,2-3,6-10H2. The molecule has 1 fully saturated rings. The van der Waals surface area contributed by atoms with Crippen LogP contribution in [0.3, 0.4) is 0 Å². The lowest BCUT2D eigenvalue weighted by Gasteiger charge is -2.08. The summed E-state index contributed by atoms with van der Waals surface area (Å²) >= 11 is 5.89. The van der Waals surface area contributed by atoms with E-state index in [9.17, 15) is 5.26 Å². The summed E-state index contributed by atoms with van der Waals surface area (Å²) in [7, 11) is 0. The predicted molar refractivity (Wildman–Crippen MR) is 80.8 cm³/mol. The molecule has 1 saturated carbocycles. The Morgan fingerprint density at radius 2 is 2.25 bits per heavy atom. The SMILES string of the molecule is N#Cc1cccc2c1nc(CCCl)n2CCCC1CC1. The summed E-state index contributed by atoms with van der Waals surface area (Å²) in [6.45, 7) is 0.980. The Bertz CT molecular complexity index is 650. The Balaban J connectivity index is 1.93. The van der Waals surface area contributed by atoms with Gasteiger partial charge in [0.25, 0.3) is 0 Å². The van der Waals surface area contributed by atoms with E-state index in [4.69, 9.17) is 11.6 Å². The molecule has 1 heterocycles. The van der Waals surface area contributed by atoms with E-state index in [1.807, 2.05) is 12.1 Å². The van der Waals surface area contributed by atoms with Crippen LogP contribution in [0.4, 0.5) is 0 Å². The van der Waals surface area contributed by atoms with Gasteiger partial charge in [0, 0.05) is 18.8 Å². The van der Waals surface area contributed by atoms with Gasteiger partial charge in [-0.25, -0.2) is 4.98 Å². The lowest BCUT2D eigenvalue weighted by Crippen LogP contribution is -2.05. The average Bonchev–Trinajstić information content (AvgIpc) is 3.22. The molecule has 3 nitrogen and oxygen atoms in total. The Hall–Kier alpha value is -1.53. The minimum atomic E-state index is 0.563. The van der Waals surface area contributed by atoms with E-state index < -0.39 is 0 Å². The summed E-state index contributed by atoms with van der Waals surface area (Å²) in [5.74, 6) is 2.53. The highest BCUT2D eigenvalue weighted by molar-refractivity contribution is 6.17. The Morgan fingerprint density at radius 1 is 1.40 bits per heavy atom. The number of nitrogens with zero attached hydrogens (tertiary/aromatic N) is 3. The van der Waals surface area contributed by atoms with E-state index in [0.29, 0.717) is 11.4 Å². The van der Waals surface area contributed by atoms with Crippen LogP contribution in [-0.4, -0.2) is 15.4 Å². The van der Waals surface area contributed by atoms with Gasteiger partial charge in [-0.05, 0) is 30.9 Å². The Morgan fingerprint density at radius 3 is 2.95 bits per heavy atom. The second kappa shape index (κ2) is 5.85. The van der Waals surface area contributed by atoms with Crippen LogP contribution in [0.2, 0.25) is 0 Å². The van der Waals surface area contributed by atoms with Gasteiger partial charge in [0.15, 0.2) is 0 Å². The molecular weight excluding hydrogens is 270 g/mol. The van der Waals surface area contributed by atoms with Gasteiger partial charge in [-0.3, -0.25) is 0 Å². The molecule has 4 heteroatoms. The highest BCUT2D eigenvalue weighted by Crippen LogP contribution is 2.34. The van der Waals surface area contributed by atoms with Gasteiger partial charge in [-0.2, -0.15) is 5.26 Å². The van der Waals surface area contributed by atoms with Crippen LogP contribution in [0.1, 0.15) is 37.1 Å². The summed E-state index contributed by atoms with van der Waals surface area (Å²) < 4.78 is 2.25. The summed E-state index contributed by atoms with van der Waals surface area (Å²) in [5, 5.41) is 9.20. The number of aromatic nitrogens is 2. The first-order valence-corrected chi connectivity index (χ1v) is 7.81. The molecule has 0 aliphatic heterocycles. The summed E-state index contributed by atoms with van der Waals surface area (Å²) in [6.07, 6.45) is 6.04. The van der Waals surface area contributed by atoms with Crippen molar-refractivity contribution in [2.45, 2.75) is 38.6 Å². The number of aryl methyl sites for hydroxylation is 2. The molecule has 20 heavy (non-hydrogen) atoms. The molecule has 0 atom stereocenters. The zero-order chi connectivity index (χ0) is 13.9. The van der Waals surface area contributed by atoms with Crippen molar-refractivity contribution in [3.63, 3.8) is 0 Å². The van der Waals surface area contributed by atoms with E-state index in [1.54, 1.807) is 0 Å². The lowest BCUT2D eigenvalue weighted by molar-refractivity contribution is 0.571. The van der Waals surface area contributed by atoms with E-state index in [2.05, 4.69) is 21.7 Å². The lowest BCUT2D eigenvalue weighted by atomic mass is 10.2. The normalized spacial score (nSPS) is 14.6. The van der Waals surface area contributed by atoms with Crippen molar-refractivity contribution < 1.29 is 0 Å². The monoisotopic (exact) mass is 287 g/mol. The molecule has 0 radical (unpaired) electrons. The minimum absolute atomic E-state index is 0.563. The number of fused-ring (bicyclic) bond motifs is 1. The zero-order valence-corrected chi connectivity index (χ0v) is 12.2.